The molecule has 0 saturated heterocycles. The summed E-state index contributed by atoms with van der Waals surface area (Å²) < 4.78 is 2.35. The van der Waals surface area contributed by atoms with Gasteiger partial charge in [-0.05, 0) is 38.5 Å². The van der Waals surface area contributed by atoms with Crippen molar-refractivity contribution in [2.75, 3.05) is 5.73 Å². The van der Waals surface area contributed by atoms with Gasteiger partial charge in [-0.15, -0.1) is 0 Å². The molecule has 1 heterocycles. The van der Waals surface area contributed by atoms with Gasteiger partial charge in [0.05, 0.1) is 11.0 Å². The van der Waals surface area contributed by atoms with Crippen molar-refractivity contribution in [3.63, 3.8) is 0 Å². The number of fused-ring (bicyclic) bond motifs is 1. The number of imidazole rings is 1. The fourth-order valence-corrected chi connectivity index (χ4v) is 2.79. The molecule has 0 amide bonds. The number of nitrogen functional groups attached to an aromatic ring is 1. The Bertz CT molecular complexity index is 542. The van der Waals surface area contributed by atoms with E-state index < -0.39 is 0 Å². The Balaban J connectivity index is 2.16. The van der Waals surface area contributed by atoms with Crippen molar-refractivity contribution in [3.8, 4) is 0 Å². The minimum absolute atomic E-state index is 0.505. The van der Waals surface area contributed by atoms with E-state index in [0.717, 1.165) is 17.0 Å². The lowest BCUT2D eigenvalue weighted by Crippen LogP contribution is -2.07. The number of unbranched alkanes of at least 4 members (excludes halogenated alkanes) is 3. The molecule has 1 atom stereocenters. The van der Waals surface area contributed by atoms with Crippen molar-refractivity contribution in [1.82, 2.24) is 9.55 Å². The minimum Gasteiger partial charge on any atom is -0.399 e. The van der Waals surface area contributed by atoms with Crippen LogP contribution in [-0.4, -0.2) is 9.55 Å². The predicted molar refractivity (Wildman–Crippen MR) is 82.4 cm³/mol. The Morgan fingerprint density at radius 1 is 1.26 bits per heavy atom. The summed E-state index contributed by atoms with van der Waals surface area (Å²) in [5.74, 6) is 1.09. The summed E-state index contributed by atoms with van der Waals surface area (Å²) in [6.45, 7) is 6.62. The number of benzene rings is 1. The van der Waals surface area contributed by atoms with Gasteiger partial charge in [0.15, 0.2) is 0 Å². The van der Waals surface area contributed by atoms with Gasteiger partial charge in [0.2, 0.25) is 0 Å². The van der Waals surface area contributed by atoms with E-state index in [1.807, 2.05) is 12.1 Å². The van der Waals surface area contributed by atoms with Crippen LogP contribution in [0.3, 0.4) is 0 Å². The zero-order valence-corrected chi connectivity index (χ0v) is 12.3. The van der Waals surface area contributed by atoms with Gasteiger partial charge in [-0.1, -0.05) is 32.6 Å². The number of hydrogen-bond donors (Lipinski definition) is 1. The molecule has 19 heavy (non-hydrogen) atoms. The van der Waals surface area contributed by atoms with Crippen LogP contribution in [0.4, 0.5) is 5.69 Å². The zero-order valence-electron chi connectivity index (χ0n) is 12.3. The molecule has 2 rings (SSSR count). The lowest BCUT2D eigenvalue weighted by atomic mass is 10.1. The highest BCUT2D eigenvalue weighted by molar-refractivity contribution is 5.79. The van der Waals surface area contributed by atoms with Gasteiger partial charge >= 0.3 is 0 Å². The van der Waals surface area contributed by atoms with Crippen LogP contribution in [0.1, 0.15) is 57.8 Å². The SMILES string of the molecule is CCCCCCC(C)n1c(C)nc2cc(N)ccc21. The first-order chi connectivity index (χ1) is 9.13. The topological polar surface area (TPSA) is 43.8 Å². The molecule has 0 aliphatic rings. The number of aromatic nitrogens is 2. The number of nitrogens with two attached hydrogens (primary N) is 1. The Labute approximate surface area is 115 Å². The first kappa shape index (κ1) is 13.9. The van der Waals surface area contributed by atoms with Crippen molar-refractivity contribution >= 4 is 16.7 Å². The zero-order chi connectivity index (χ0) is 13.8. The maximum atomic E-state index is 5.82. The van der Waals surface area contributed by atoms with E-state index in [1.165, 1.54) is 37.6 Å². The van der Waals surface area contributed by atoms with Gasteiger partial charge in [0.1, 0.15) is 5.82 Å². The third-order valence-corrected chi connectivity index (χ3v) is 3.81. The molecule has 0 radical (unpaired) electrons. The molecule has 0 spiro atoms. The molecule has 0 fully saturated rings. The molecule has 2 N–H and O–H groups in total. The van der Waals surface area contributed by atoms with Crippen LogP contribution < -0.4 is 5.73 Å². The smallest absolute Gasteiger partial charge is 0.106 e. The van der Waals surface area contributed by atoms with Crippen LogP contribution in [0, 0.1) is 6.92 Å². The van der Waals surface area contributed by atoms with Gasteiger partial charge in [-0.2, -0.15) is 0 Å². The molecule has 3 heteroatoms. The summed E-state index contributed by atoms with van der Waals surface area (Å²) in [5, 5.41) is 0. The van der Waals surface area contributed by atoms with Gasteiger partial charge < -0.3 is 10.3 Å². The summed E-state index contributed by atoms with van der Waals surface area (Å²) >= 11 is 0. The number of aryl methyl sites for hydroxylation is 1. The van der Waals surface area contributed by atoms with Crippen LogP contribution in [0.25, 0.3) is 11.0 Å². The van der Waals surface area contributed by atoms with Crippen LogP contribution in [0.15, 0.2) is 18.2 Å². The minimum atomic E-state index is 0.505. The van der Waals surface area contributed by atoms with E-state index >= 15 is 0 Å². The normalized spacial score (nSPS) is 13.0. The highest BCUT2D eigenvalue weighted by Gasteiger charge is 2.13. The first-order valence-corrected chi connectivity index (χ1v) is 7.37. The molecular weight excluding hydrogens is 234 g/mol. The van der Waals surface area contributed by atoms with Crippen molar-refractivity contribution in [2.45, 2.75) is 58.9 Å². The van der Waals surface area contributed by atoms with Gasteiger partial charge in [0, 0.05) is 11.7 Å². The summed E-state index contributed by atoms with van der Waals surface area (Å²) in [5.41, 5.74) is 8.82. The van der Waals surface area contributed by atoms with Crippen molar-refractivity contribution in [3.05, 3.63) is 24.0 Å². The lowest BCUT2D eigenvalue weighted by Gasteiger charge is -2.16. The van der Waals surface area contributed by atoms with Crippen molar-refractivity contribution < 1.29 is 0 Å². The molecule has 0 saturated carbocycles. The van der Waals surface area contributed by atoms with E-state index in [1.54, 1.807) is 0 Å². The first-order valence-electron chi connectivity index (χ1n) is 7.37. The average Bonchev–Trinajstić information content (AvgIpc) is 2.69. The van der Waals surface area contributed by atoms with Crippen LogP contribution in [-0.2, 0) is 0 Å². The molecule has 0 aliphatic carbocycles. The lowest BCUT2D eigenvalue weighted by molar-refractivity contribution is 0.474. The van der Waals surface area contributed by atoms with Gasteiger partial charge in [-0.3, -0.25) is 0 Å². The Morgan fingerprint density at radius 3 is 2.79 bits per heavy atom. The van der Waals surface area contributed by atoms with Gasteiger partial charge in [-0.25, -0.2) is 4.98 Å². The largest absolute Gasteiger partial charge is 0.399 e. The third-order valence-electron chi connectivity index (χ3n) is 3.81. The molecule has 2 aromatic rings. The van der Waals surface area contributed by atoms with Crippen LogP contribution in [0.2, 0.25) is 0 Å². The number of hydrogen-bond acceptors (Lipinski definition) is 2. The van der Waals surface area contributed by atoms with E-state index in [-0.39, 0.29) is 0 Å². The van der Waals surface area contributed by atoms with Crippen LogP contribution in [0.5, 0.6) is 0 Å². The second-order valence-electron chi connectivity index (χ2n) is 5.48. The Kier molecular flexibility index (Phi) is 4.46. The molecule has 0 bridgehead atoms. The monoisotopic (exact) mass is 259 g/mol. The summed E-state index contributed by atoms with van der Waals surface area (Å²) in [7, 11) is 0. The maximum Gasteiger partial charge on any atom is 0.106 e. The van der Waals surface area contributed by atoms with Crippen molar-refractivity contribution in [2.24, 2.45) is 0 Å². The van der Waals surface area contributed by atoms with E-state index in [4.69, 9.17) is 5.73 Å². The summed E-state index contributed by atoms with van der Waals surface area (Å²) in [6, 6.07) is 6.52. The molecular formula is C16H25N3. The second-order valence-corrected chi connectivity index (χ2v) is 5.48. The summed E-state index contributed by atoms with van der Waals surface area (Å²) in [4.78, 5) is 4.62. The molecule has 104 valence electrons. The Morgan fingerprint density at radius 2 is 2.05 bits per heavy atom. The third kappa shape index (κ3) is 3.09. The van der Waals surface area contributed by atoms with E-state index in [9.17, 15) is 0 Å². The standard InChI is InChI=1S/C16H25N3/c1-4-5-6-7-8-12(2)19-13(3)18-15-11-14(17)9-10-16(15)19/h9-12H,4-8,17H2,1-3H3. The maximum absolute atomic E-state index is 5.82. The molecule has 3 nitrogen and oxygen atoms in total. The second kappa shape index (κ2) is 6.09. The fourth-order valence-electron chi connectivity index (χ4n) is 2.79. The highest BCUT2D eigenvalue weighted by Crippen LogP contribution is 2.25. The van der Waals surface area contributed by atoms with Crippen molar-refractivity contribution in [1.29, 1.82) is 0 Å². The number of anilines is 1. The quantitative estimate of drug-likeness (QED) is 0.615. The average molecular weight is 259 g/mol. The predicted octanol–water partition coefficient (Wildman–Crippen LogP) is 4.46. The summed E-state index contributed by atoms with van der Waals surface area (Å²) in [6.07, 6.45) is 6.48. The van der Waals surface area contributed by atoms with Gasteiger partial charge in [0.25, 0.3) is 0 Å². The highest BCUT2D eigenvalue weighted by atomic mass is 15.1. The number of rotatable bonds is 6. The number of nitrogens with zero attached hydrogens (tertiary/aromatic N) is 2. The molecule has 1 unspecified atom stereocenters. The molecule has 1 aromatic heterocycles. The van der Waals surface area contributed by atoms with E-state index in [0.29, 0.717) is 6.04 Å². The molecule has 1 aromatic carbocycles. The van der Waals surface area contributed by atoms with E-state index in [2.05, 4.69) is 36.4 Å². The molecule has 0 aliphatic heterocycles. The fraction of sp³-hybridized carbons (Fsp3) is 0.562. The Hall–Kier alpha value is -1.51. The van der Waals surface area contributed by atoms with Crippen LogP contribution >= 0.6 is 0 Å².